The van der Waals surface area contributed by atoms with E-state index in [0.29, 0.717) is 28.9 Å². The molecule has 3 aromatic rings. The summed E-state index contributed by atoms with van der Waals surface area (Å²) in [5.74, 6) is 0.158. The summed E-state index contributed by atoms with van der Waals surface area (Å²) in [5, 5.41) is 6.60. The van der Waals surface area contributed by atoms with Gasteiger partial charge in [-0.2, -0.15) is 0 Å². The van der Waals surface area contributed by atoms with E-state index in [9.17, 15) is 4.79 Å². The molecular weight excluding hydrogens is 348 g/mol. The van der Waals surface area contributed by atoms with Crippen LogP contribution in [-0.2, 0) is 6.42 Å². The van der Waals surface area contributed by atoms with Crippen molar-refractivity contribution in [3.05, 3.63) is 82.6 Å². The van der Waals surface area contributed by atoms with Gasteiger partial charge in [0, 0.05) is 22.9 Å². The molecular formula is C20H19ClN4O. The molecule has 1 aromatic heterocycles. The second-order valence-electron chi connectivity index (χ2n) is 5.84. The first-order valence-electron chi connectivity index (χ1n) is 8.30. The zero-order valence-electron chi connectivity index (χ0n) is 14.4. The average Bonchev–Trinajstić information content (AvgIpc) is 2.64. The Morgan fingerprint density at radius 2 is 1.77 bits per heavy atom. The molecule has 5 nitrogen and oxygen atoms in total. The largest absolute Gasteiger partial charge is 0.354 e. The fourth-order valence-electron chi connectivity index (χ4n) is 2.46. The molecule has 6 heteroatoms. The molecule has 3 rings (SSSR count). The number of anilines is 2. The first-order chi connectivity index (χ1) is 12.6. The molecule has 132 valence electrons. The number of hydrogen-bond acceptors (Lipinski definition) is 4. The Bertz CT molecular complexity index is 882. The van der Waals surface area contributed by atoms with E-state index in [4.69, 9.17) is 11.6 Å². The topological polar surface area (TPSA) is 66.9 Å². The van der Waals surface area contributed by atoms with E-state index in [0.717, 1.165) is 12.1 Å². The lowest BCUT2D eigenvalue weighted by atomic mass is 10.1. The summed E-state index contributed by atoms with van der Waals surface area (Å²) in [5.41, 5.74) is 2.93. The molecule has 2 aromatic carbocycles. The number of carbonyl (C=O) groups excluding carboxylic acids is 1. The Balaban J connectivity index is 1.64. The maximum absolute atomic E-state index is 12.4. The summed E-state index contributed by atoms with van der Waals surface area (Å²) in [6.07, 6.45) is 0.852. The van der Waals surface area contributed by atoms with Crippen LogP contribution in [-0.4, -0.2) is 22.4 Å². The number of rotatable bonds is 6. The van der Waals surface area contributed by atoms with Crippen LogP contribution in [0.4, 0.5) is 11.6 Å². The molecule has 0 bridgehead atoms. The van der Waals surface area contributed by atoms with Gasteiger partial charge in [0.15, 0.2) is 0 Å². The molecule has 0 aliphatic heterocycles. The van der Waals surface area contributed by atoms with E-state index < -0.39 is 0 Å². The molecule has 1 heterocycles. The highest BCUT2D eigenvalue weighted by atomic mass is 35.5. The van der Waals surface area contributed by atoms with Gasteiger partial charge in [0.2, 0.25) is 5.95 Å². The van der Waals surface area contributed by atoms with E-state index in [1.165, 1.54) is 5.56 Å². The summed E-state index contributed by atoms with van der Waals surface area (Å²) >= 11 is 5.86. The standard InChI is InChI=1S/C20H19ClN4O/c1-14-13-18(19(26)24-17-9-7-16(21)8-10-17)25-20(23-14)22-12-11-15-5-3-2-4-6-15/h2-10,13H,11-12H2,1H3,(H,24,26)(H,22,23,25). The number of halogens is 1. The van der Waals surface area contributed by atoms with Gasteiger partial charge in [-0.3, -0.25) is 4.79 Å². The molecule has 0 spiro atoms. The predicted molar refractivity (Wildman–Crippen MR) is 105 cm³/mol. The molecule has 0 aliphatic rings. The number of aromatic nitrogens is 2. The van der Waals surface area contributed by atoms with Gasteiger partial charge in [-0.25, -0.2) is 9.97 Å². The maximum Gasteiger partial charge on any atom is 0.274 e. The Morgan fingerprint density at radius 3 is 2.50 bits per heavy atom. The fraction of sp³-hybridized carbons (Fsp3) is 0.150. The van der Waals surface area contributed by atoms with Gasteiger partial charge in [-0.05, 0) is 49.2 Å². The number of carbonyl (C=O) groups is 1. The lowest BCUT2D eigenvalue weighted by Crippen LogP contribution is -2.16. The van der Waals surface area contributed by atoms with Crippen molar-refractivity contribution in [1.29, 1.82) is 0 Å². The molecule has 0 unspecified atom stereocenters. The quantitative estimate of drug-likeness (QED) is 0.680. The zero-order valence-corrected chi connectivity index (χ0v) is 15.1. The van der Waals surface area contributed by atoms with Crippen LogP contribution in [0.1, 0.15) is 21.7 Å². The Morgan fingerprint density at radius 1 is 1.04 bits per heavy atom. The summed E-state index contributed by atoms with van der Waals surface area (Å²) in [7, 11) is 0. The van der Waals surface area contributed by atoms with Crippen LogP contribution in [0, 0.1) is 6.92 Å². The molecule has 0 aliphatic carbocycles. The maximum atomic E-state index is 12.4. The van der Waals surface area contributed by atoms with Gasteiger partial charge in [0.05, 0.1) is 0 Å². The van der Waals surface area contributed by atoms with Crippen LogP contribution in [0.3, 0.4) is 0 Å². The van der Waals surface area contributed by atoms with E-state index in [1.807, 2.05) is 25.1 Å². The van der Waals surface area contributed by atoms with Gasteiger partial charge >= 0.3 is 0 Å². The average molecular weight is 367 g/mol. The van der Waals surface area contributed by atoms with Crippen LogP contribution in [0.15, 0.2) is 60.7 Å². The SMILES string of the molecule is Cc1cc(C(=O)Nc2ccc(Cl)cc2)nc(NCCc2ccccc2)n1. The minimum atomic E-state index is -0.288. The third kappa shape index (κ3) is 5.04. The van der Waals surface area contributed by atoms with E-state index >= 15 is 0 Å². The minimum absolute atomic E-state index is 0.288. The first-order valence-corrected chi connectivity index (χ1v) is 8.68. The normalized spacial score (nSPS) is 10.4. The van der Waals surface area contributed by atoms with Crippen molar-refractivity contribution in [2.75, 3.05) is 17.2 Å². The Hall–Kier alpha value is -2.92. The Labute approximate surface area is 157 Å². The summed E-state index contributed by atoms with van der Waals surface area (Å²) in [6, 6.07) is 18.8. The predicted octanol–water partition coefficient (Wildman–Crippen LogP) is 4.35. The second kappa shape index (κ2) is 8.45. The zero-order chi connectivity index (χ0) is 18.4. The molecule has 0 saturated carbocycles. The fourth-order valence-corrected chi connectivity index (χ4v) is 2.58. The van der Waals surface area contributed by atoms with Crippen molar-refractivity contribution in [2.24, 2.45) is 0 Å². The van der Waals surface area contributed by atoms with Crippen LogP contribution >= 0.6 is 11.6 Å². The summed E-state index contributed by atoms with van der Waals surface area (Å²) in [4.78, 5) is 21.1. The highest BCUT2D eigenvalue weighted by molar-refractivity contribution is 6.30. The molecule has 2 N–H and O–H groups in total. The van der Waals surface area contributed by atoms with Crippen molar-refractivity contribution in [1.82, 2.24) is 9.97 Å². The van der Waals surface area contributed by atoms with E-state index in [-0.39, 0.29) is 5.91 Å². The van der Waals surface area contributed by atoms with Crippen LogP contribution in [0.2, 0.25) is 5.02 Å². The smallest absolute Gasteiger partial charge is 0.274 e. The molecule has 1 amide bonds. The molecule has 0 saturated heterocycles. The molecule has 0 radical (unpaired) electrons. The van der Waals surface area contributed by atoms with Crippen LogP contribution < -0.4 is 10.6 Å². The number of aryl methyl sites for hydroxylation is 1. The third-order valence-corrected chi connectivity index (χ3v) is 3.98. The number of hydrogen-bond donors (Lipinski definition) is 2. The molecule has 0 atom stereocenters. The molecule has 0 fully saturated rings. The van der Waals surface area contributed by atoms with Crippen molar-refractivity contribution in [3.8, 4) is 0 Å². The number of nitrogens with one attached hydrogen (secondary N) is 2. The van der Waals surface area contributed by atoms with E-state index in [1.54, 1.807) is 30.3 Å². The first kappa shape index (κ1) is 17.9. The van der Waals surface area contributed by atoms with Gasteiger partial charge in [0.25, 0.3) is 5.91 Å². The van der Waals surface area contributed by atoms with Crippen LogP contribution in [0.5, 0.6) is 0 Å². The summed E-state index contributed by atoms with van der Waals surface area (Å²) < 4.78 is 0. The van der Waals surface area contributed by atoms with Crippen molar-refractivity contribution >= 4 is 29.1 Å². The van der Waals surface area contributed by atoms with Gasteiger partial charge < -0.3 is 10.6 Å². The number of benzene rings is 2. The number of amides is 1. The lowest BCUT2D eigenvalue weighted by molar-refractivity contribution is 0.102. The Kier molecular flexibility index (Phi) is 5.81. The second-order valence-corrected chi connectivity index (χ2v) is 6.28. The van der Waals surface area contributed by atoms with Gasteiger partial charge in [-0.15, -0.1) is 0 Å². The molecule has 26 heavy (non-hydrogen) atoms. The van der Waals surface area contributed by atoms with E-state index in [2.05, 4.69) is 32.7 Å². The third-order valence-electron chi connectivity index (χ3n) is 3.73. The van der Waals surface area contributed by atoms with Gasteiger partial charge in [0.1, 0.15) is 5.69 Å². The van der Waals surface area contributed by atoms with Crippen molar-refractivity contribution in [3.63, 3.8) is 0 Å². The lowest BCUT2D eigenvalue weighted by Gasteiger charge is -2.09. The highest BCUT2D eigenvalue weighted by Crippen LogP contribution is 2.15. The number of nitrogens with zero attached hydrogens (tertiary/aromatic N) is 2. The van der Waals surface area contributed by atoms with Gasteiger partial charge in [-0.1, -0.05) is 41.9 Å². The monoisotopic (exact) mass is 366 g/mol. The van der Waals surface area contributed by atoms with Crippen molar-refractivity contribution in [2.45, 2.75) is 13.3 Å². The minimum Gasteiger partial charge on any atom is -0.354 e. The van der Waals surface area contributed by atoms with Crippen molar-refractivity contribution < 1.29 is 4.79 Å². The summed E-state index contributed by atoms with van der Waals surface area (Å²) in [6.45, 7) is 2.52. The van der Waals surface area contributed by atoms with Crippen LogP contribution in [0.25, 0.3) is 0 Å². The highest BCUT2D eigenvalue weighted by Gasteiger charge is 2.11.